The van der Waals surface area contributed by atoms with Crippen LogP contribution in [0.3, 0.4) is 0 Å². The number of ether oxygens (including phenoxy) is 1. The van der Waals surface area contributed by atoms with Gasteiger partial charge in [-0.05, 0) is 64.8 Å². The van der Waals surface area contributed by atoms with Crippen LogP contribution in [0.5, 0.6) is 0 Å². The highest BCUT2D eigenvalue weighted by molar-refractivity contribution is 9.10. The van der Waals surface area contributed by atoms with Crippen LogP contribution in [0.2, 0.25) is 0 Å². The Morgan fingerprint density at radius 2 is 1.53 bits per heavy atom. The first-order valence-corrected chi connectivity index (χ1v) is 11.9. The van der Waals surface area contributed by atoms with Gasteiger partial charge in [-0.1, -0.05) is 58.4 Å². The van der Waals surface area contributed by atoms with Crippen LogP contribution >= 0.6 is 15.9 Å². The summed E-state index contributed by atoms with van der Waals surface area (Å²) in [5, 5.41) is 5.51. The van der Waals surface area contributed by atoms with Crippen molar-refractivity contribution >= 4 is 33.8 Å². The summed E-state index contributed by atoms with van der Waals surface area (Å²) in [6.07, 6.45) is -0.695. The number of alkyl carbamates (subject to hydrolysis) is 1. The minimum absolute atomic E-state index is 0.188. The topological polar surface area (TPSA) is 87.7 Å². The molecule has 0 aromatic heterocycles. The fourth-order valence-corrected chi connectivity index (χ4v) is 3.49. The molecular formula is C26H34BrN3O4. The van der Waals surface area contributed by atoms with E-state index < -0.39 is 29.2 Å². The van der Waals surface area contributed by atoms with E-state index in [0.29, 0.717) is 5.56 Å². The maximum absolute atomic E-state index is 13.5. The van der Waals surface area contributed by atoms with Crippen molar-refractivity contribution in [2.75, 3.05) is 6.54 Å². The van der Waals surface area contributed by atoms with Gasteiger partial charge in [0.2, 0.25) is 11.8 Å². The fraction of sp³-hybridized carbons (Fsp3) is 0.423. The molecule has 184 valence electrons. The summed E-state index contributed by atoms with van der Waals surface area (Å²) in [5.41, 5.74) is 0.329. The number of hydrogen-bond acceptors (Lipinski definition) is 4. The third-order valence-electron chi connectivity index (χ3n) is 4.54. The molecule has 0 aliphatic rings. The molecule has 0 radical (unpaired) electrons. The molecule has 0 fully saturated rings. The van der Waals surface area contributed by atoms with Crippen LogP contribution in [0.15, 0.2) is 59.1 Å². The summed E-state index contributed by atoms with van der Waals surface area (Å²) >= 11 is 3.42. The lowest BCUT2D eigenvalue weighted by Crippen LogP contribution is -2.51. The van der Waals surface area contributed by atoms with Crippen LogP contribution in [0.4, 0.5) is 4.79 Å². The Balaban J connectivity index is 2.41. The van der Waals surface area contributed by atoms with E-state index in [2.05, 4.69) is 26.6 Å². The number of halogens is 1. The van der Waals surface area contributed by atoms with E-state index >= 15 is 0 Å². The van der Waals surface area contributed by atoms with Gasteiger partial charge in [0, 0.05) is 16.6 Å². The standard InChI is InChI=1S/C26H34BrN3O4/c1-25(2,3)29-23(32)22(19-12-14-20(27)15-13-19)30(17-18-10-8-7-9-11-18)21(31)16-28-24(33)34-26(4,5)6/h7-15,22H,16-17H2,1-6H3,(H,28,33)(H,29,32). The van der Waals surface area contributed by atoms with E-state index in [-0.39, 0.29) is 19.0 Å². The summed E-state index contributed by atoms with van der Waals surface area (Å²) in [7, 11) is 0. The van der Waals surface area contributed by atoms with Crippen LogP contribution < -0.4 is 10.6 Å². The largest absolute Gasteiger partial charge is 0.444 e. The molecule has 2 aromatic carbocycles. The highest BCUT2D eigenvalue weighted by atomic mass is 79.9. The zero-order valence-electron chi connectivity index (χ0n) is 20.6. The second-order valence-corrected chi connectivity index (χ2v) is 11.0. The lowest BCUT2D eigenvalue weighted by atomic mass is 10.0. The Bertz CT molecular complexity index is 980. The molecule has 0 bridgehead atoms. The number of amides is 3. The van der Waals surface area contributed by atoms with Crippen LogP contribution in [0.1, 0.15) is 58.7 Å². The average Bonchev–Trinajstić information content (AvgIpc) is 2.71. The van der Waals surface area contributed by atoms with Gasteiger partial charge >= 0.3 is 6.09 Å². The number of nitrogens with zero attached hydrogens (tertiary/aromatic N) is 1. The van der Waals surface area contributed by atoms with Crippen molar-refractivity contribution in [3.8, 4) is 0 Å². The van der Waals surface area contributed by atoms with Crippen molar-refractivity contribution in [3.63, 3.8) is 0 Å². The van der Waals surface area contributed by atoms with Gasteiger partial charge in [-0.3, -0.25) is 9.59 Å². The molecular weight excluding hydrogens is 498 g/mol. The van der Waals surface area contributed by atoms with Gasteiger partial charge in [-0.25, -0.2) is 4.79 Å². The molecule has 2 rings (SSSR count). The van der Waals surface area contributed by atoms with Gasteiger partial charge in [0.25, 0.3) is 0 Å². The molecule has 0 saturated carbocycles. The molecule has 2 aromatic rings. The number of benzene rings is 2. The van der Waals surface area contributed by atoms with E-state index in [1.54, 1.807) is 20.8 Å². The summed E-state index contributed by atoms with van der Waals surface area (Å²) < 4.78 is 6.11. The Labute approximate surface area is 210 Å². The normalized spacial score (nSPS) is 12.4. The highest BCUT2D eigenvalue weighted by Gasteiger charge is 2.33. The lowest BCUT2D eigenvalue weighted by Gasteiger charge is -2.34. The van der Waals surface area contributed by atoms with E-state index in [4.69, 9.17) is 4.74 Å². The molecule has 2 N–H and O–H groups in total. The highest BCUT2D eigenvalue weighted by Crippen LogP contribution is 2.26. The Hall–Kier alpha value is -2.87. The predicted octanol–water partition coefficient (Wildman–Crippen LogP) is 4.96. The van der Waals surface area contributed by atoms with Crippen molar-refractivity contribution in [2.24, 2.45) is 0 Å². The van der Waals surface area contributed by atoms with E-state index in [1.807, 2.05) is 75.4 Å². The van der Waals surface area contributed by atoms with E-state index in [1.165, 1.54) is 4.90 Å². The number of carbonyl (C=O) groups is 3. The van der Waals surface area contributed by atoms with Gasteiger partial charge in [-0.2, -0.15) is 0 Å². The van der Waals surface area contributed by atoms with Crippen LogP contribution in [-0.4, -0.2) is 40.5 Å². The Morgan fingerprint density at radius 3 is 2.06 bits per heavy atom. The maximum Gasteiger partial charge on any atom is 0.408 e. The monoisotopic (exact) mass is 531 g/mol. The first-order valence-electron chi connectivity index (χ1n) is 11.1. The van der Waals surface area contributed by atoms with Crippen molar-refractivity contribution in [1.29, 1.82) is 0 Å². The number of rotatable bonds is 7. The third-order valence-corrected chi connectivity index (χ3v) is 5.07. The molecule has 8 heteroatoms. The summed E-state index contributed by atoms with van der Waals surface area (Å²) in [6.45, 7) is 10.8. The minimum atomic E-state index is -0.902. The molecule has 34 heavy (non-hydrogen) atoms. The zero-order valence-corrected chi connectivity index (χ0v) is 22.2. The lowest BCUT2D eigenvalue weighted by molar-refractivity contribution is -0.141. The summed E-state index contributed by atoms with van der Waals surface area (Å²) in [4.78, 5) is 40.6. The van der Waals surface area contributed by atoms with Crippen molar-refractivity contribution in [1.82, 2.24) is 15.5 Å². The van der Waals surface area contributed by atoms with Gasteiger partial charge in [0.05, 0.1) is 0 Å². The number of hydrogen-bond donors (Lipinski definition) is 2. The minimum Gasteiger partial charge on any atom is -0.444 e. The van der Waals surface area contributed by atoms with Gasteiger partial charge < -0.3 is 20.3 Å². The average molecular weight is 532 g/mol. The van der Waals surface area contributed by atoms with Crippen molar-refractivity contribution in [3.05, 3.63) is 70.2 Å². The van der Waals surface area contributed by atoms with Gasteiger partial charge in [-0.15, -0.1) is 0 Å². The van der Waals surface area contributed by atoms with Gasteiger partial charge in [0.1, 0.15) is 18.2 Å². The molecule has 0 heterocycles. The SMILES string of the molecule is CC(C)(C)NC(=O)C(c1ccc(Br)cc1)N(Cc1ccccc1)C(=O)CNC(=O)OC(C)(C)C. The smallest absolute Gasteiger partial charge is 0.408 e. The fourth-order valence-electron chi connectivity index (χ4n) is 3.22. The van der Waals surface area contributed by atoms with Crippen molar-refractivity contribution in [2.45, 2.75) is 65.3 Å². The second-order valence-electron chi connectivity index (χ2n) is 10.1. The first kappa shape index (κ1) is 27.4. The first-order chi connectivity index (χ1) is 15.7. The van der Waals surface area contributed by atoms with E-state index in [9.17, 15) is 14.4 Å². The molecule has 0 aliphatic heterocycles. The second kappa shape index (κ2) is 11.5. The van der Waals surface area contributed by atoms with E-state index in [0.717, 1.165) is 10.0 Å². The molecule has 0 saturated heterocycles. The number of carbonyl (C=O) groups excluding carboxylic acids is 3. The quantitative estimate of drug-likeness (QED) is 0.528. The molecule has 0 spiro atoms. The third kappa shape index (κ3) is 9.17. The summed E-state index contributed by atoms with van der Waals surface area (Å²) in [6, 6.07) is 15.8. The molecule has 1 unspecified atom stereocenters. The predicted molar refractivity (Wildman–Crippen MR) is 136 cm³/mol. The van der Waals surface area contributed by atoms with Crippen molar-refractivity contribution < 1.29 is 19.1 Å². The number of nitrogens with one attached hydrogen (secondary N) is 2. The molecule has 0 aliphatic carbocycles. The van der Waals surface area contributed by atoms with Crippen LogP contribution in [0.25, 0.3) is 0 Å². The summed E-state index contributed by atoms with van der Waals surface area (Å²) in [5.74, 6) is -0.719. The van der Waals surface area contributed by atoms with Crippen LogP contribution in [-0.2, 0) is 20.9 Å². The zero-order chi connectivity index (χ0) is 25.5. The Morgan fingerprint density at radius 1 is 0.941 bits per heavy atom. The van der Waals surface area contributed by atoms with Gasteiger partial charge in [0.15, 0.2) is 0 Å². The van der Waals surface area contributed by atoms with Crippen LogP contribution in [0, 0.1) is 0 Å². The molecule has 3 amide bonds. The maximum atomic E-state index is 13.5. The Kier molecular flexibility index (Phi) is 9.27. The molecule has 1 atom stereocenters. The molecule has 7 nitrogen and oxygen atoms in total.